The highest BCUT2D eigenvalue weighted by molar-refractivity contribution is 7.09. The molecule has 6 nitrogen and oxygen atoms in total. The highest BCUT2D eigenvalue weighted by Gasteiger charge is 2.12. The topological polar surface area (TPSA) is 76.0 Å². The first-order valence-electron chi connectivity index (χ1n) is 6.14. The molecule has 0 unspecified atom stereocenters. The molecular weight excluding hydrogens is 276 g/mol. The van der Waals surface area contributed by atoms with Crippen LogP contribution in [0.15, 0.2) is 23.6 Å². The number of nitrogens with one attached hydrogen (secondary N) is 2. The van der Waals surface area contributed by atoms with Gasteiger partial charge in [0.25, 0.3) is 5.91 Å². The number of aromatic nitrogens is 2. The summed E-state index contributed by atoms with van der Waals surface area (Å²) in [5, 5.41) is 11.4. The molecule has 2 rings (SSSR count). The van der Waals surface area contributed by atoms with Crippen LogP contribution in [0.2, 0.25) is 0 Å². The van der Waals surface area contributed by atoms with Gasteiger partial charge in [-0.1, -0.05) is 6.07 Å². The van der Waals surface area contributed by atoms with Crippen molar-refractivity contribution in [2.45, 2.75) is 13.5 Å². The first-order chi connectivity index (χ1) is 9.56. The smallest absolute Gasteiger partial charge is 0.269 e. The van der Waals surface area contributed by atoms with Gasteiger partial charge in [0, 0.05) is 11.9 Å². The van der Waals surface area contributed by atoms with Crippen molar-refractivity contribution in [3.63, 3.8) is 0 Å². The molecule has 2 aromatic rings. The van der Waals surface area contributed by atoms with Crippen LogP contribution in [-0.2, 0) is 18.4 Å². The maximum atomic E-state index is 11.9. The molecule has 0 bridgehead atoms. The van der Waals surface area contributed by atoms with Crippen molar-refractivity contribution in [3.8, 4) is 0 Å². The van der Waals surface area contributed by atoms with Crippen LogP contribution in [0.25, 0.3) is 0 Å². The second-order valence-corrected chi connectivity index (χ2v) is 5.37. The van der Waals surface area contributed by atoms with Crippen LogP contribution in [0.3, 0.4) is 0 Å². The van der Waals surface area contributed by atoms with Crippen LogP contribution in [0, 0.1) is 6.92 Å². The molecule has 0 fully saturated rings. The van der Waals surface area contributed by atoms with E-state index < -0.39 is 0 Å². The van der Waals surface area contributed by atoms with E-state index in [1.807, 2.05) is 24.4 Å². The normalized spacial score (nSPS) is 10.3. The zero-order valence-corrected chi connectivity index (χ0v) is 12.2. The fraction of sp³-hybridized carbons (Fsp3) is 0.308. The molecule has 20 heavy (non-hydrogen) atoms. The lowest BCUT2D eigenvalue weighted by atomic mass is 10.3. The Balaban J connectivity index is 1.78. The zero-order valence-electron chi connectivity index (χ0n) is 11.3. The molecule has 0 saturated carbocycles. The summed E-state index contributed by atoms with van der Waals surface area (Å²) in [4.78, 5) is 24.6. The molecule has 106 valence electrons. The van der Waals surface area contributed by atoms with Crippen molar-refractivity contribution in [2.75, 3.05) is 6.54 Å². The molecule has 2 N–H and O–H groups in total. The average molecular weight is 292 g/mol. The number of thiophene rings is 1. The van der Waals surface area contributed by atoms with Gasteiger partial charge in [-0.2, -0.15) is 5.10 Å². The second-order valence-electron chi connectivity index (χ2n) is 4.33. The summed E-state index contributed by atoms with van der Waals surface area (Å²) in [5.41, 5.74) is 1.20. The Labute approximate surface area is 120 Å². The summed E-state index contributed by atoms with van der Waals surface area (Å²) >= 11 is 1.58. The Morgan fingerprint density at radius 1 is 1.40 bits per heavy atom. The van der Waals surface area contributed by atoms with Crippen LogP contribution in [-0.4, -0.2) is 28.1 Å². The van der Waals surface area contributed by atoms with E-state index in [1.165, 1.54) is 4.68 Å². The summed E-state index contributed by atoms with van der Waals surface area (Å²) < 4.78 is 1.49. The molecule has 0 radical (unpaired) electrons. The Bertz CT molecular complexity index is 604. The van der Waals surface area contributed by atoms with E-state index in [2.05, 4.69) is 15.7 Å². The second kappa shape index (κ2) is 6.33. The lowest BCUT2D eigenvalue weighted by Crippen LogP contribution is -2.37. The third-order valence-electron chi connectivity index (χ3n) is 2.68. The van der Waals surface area contributed by atoms with Crippen molar-refractivity contribution in [1.29, 1.82) is 0 Å². The van der Waals surface area contributed by atoms with Gasteiger partial charge in [-0.3, -0.25) is 14.3 Å². The van der Waals surface area contributed by atoms with Crippen LogP contribution >= 0.6 is 11.3 Å². The summed E-state index contributed by atoms with van der Waals surface area (Å²) in [6, 6.07) is 5.56. The average Bonchev–Trinajstić information content (AvgIpc) is 3.03. The predicted molar refractivity (Wildman–Crippen MR) is 76.4 cm³/mol. The minimum absolute atomic E-state index is 0.0472. The molecule has 0 aromatic carbocycles. The Kier molecular flexibility index (Phi) is 4.52. The van der Waals surface area contributed by atoms with E-state index in [4.69, 9.17) is 0 Å². The number of rotatable bonds is 5. The molecule has 2 heterocycles. The third-order valence-corrected chi connectivity index (χ3v) is 3.56. The quantitative estimate of drug-likeness (QED) is 0.857. The van der Waals surface area contributed by atoms with Crippen molar-refractivity contribution in [3.05, 3.63) is 39.8 Å². The van der Waals surface area contributed by atoms with E-state index >= 15 is 0 Å². The number of carbonyl (C=O) groups excluding carboxylic acids is 2. The summed E-state index contributed by atoms with van der Waals surface area (Å²) in [7, 11) is 1.69. The van der Waals surface area contributed by atoms with E-state index in [9.17, 15) is 9.59 Å². The number of nitrogens with zero attached hydrogens (tertiary/aromatic N) is 2. The predicted octanol–water partition coefficient (Wildman–Crippen LogP) is 0.836. The van der Waals surface area contributed by atoms with Gasteiger partial charge in [-0.25, -0.2) is 0 Å². The monoisotopic (exact) mass is 292 g/mol. The van der Waals surface area contributed by atoms with Crippen molar-refractivity contribution < 1.29 is 9.59 Å². The highest BCUT2D eigenvalue weighted by atomic mass is 32.1. The van der Waals surface area contributed by atoms with Gasteiger partial charge in [-0.15, -0.1) is 11.3 Å². The van der Waals surface area contributed by atoms with Gasteiger partial charge in [0.05, 0.1) is 18.8 Å². The molecule has 0 saturated heterocycles. The van der Waals surface area contributed by atoms with Gasteiger partial charge in [0.1, 0.15) is 5.69 Å². The Morgan fingerprint density at radius 2 is 2.20 bits per heavy atom. The SMILES string of the molecule is Cc1cc(C(=O)NCC(=O)NCc2cccs2)n(C)n1. The number of aryl methyl sites for hydroxylation is 2. The number of carbonyl (C=O) groups is 2. The Hall–Kier alpha value is -2.15. The first-order valence-corrected chi connectivity index (χ1v) is 7.02. The van der Waals surface area contributed by atoms with Crippen molar-refractivity contribution in [1.82, 2.24) is 20.4 Å². The fourth-order valence-electron chi connectivity index (χ4n) is 1.74. The molecule has 0 spiro atoms. The molecule has 0 atom stereocenters. The van der Waals surface area contributed by atoms with Crippen LogP contribution < -0.4 is 10.6 Å². The van der Waals surface area contributed by atoms with Crippen LogP contribution in [0.4, 0.5) is 0 Å². The first kappa shape index (κ1) is 14.3. The fourth-order valence-corrected chi connectivity index (χ4v) is 2.38. The van der Waals surface area contributed by atoms with E-state index in [-0.39, 0.29) is 18.4 Å². The standard InChI is InChI=1S/C13H16N4O2S/c1-9-6-11(17(2)16-9)13(19)15-8-12(18)14-7-10-4-3-5-20-10/h3-6H,7-8H2,1-2H3,(H,14,18)(H,15,19). The van der Waals surface area contributed by atoms with Crippen molar-refractivity contribution in [2.24, 2.45) is 7.05 Å². The summed E-state index contributed by atoms with van der Waals surface area (Å²) in [5.74, 6) is -0.523. The van der Waals surface area contributed by atoms with Gasteiger partial charge in [0.2, 0.25) is 5.91 Å². The molecule has 0 aliphatic rings. The maximum Gasteiger partial charge on any atom is 0.269 e. The molecule has 0 aliphatic heterocycles. The Morgan fingerprint density at radius 3 is 2.80 bits per heavy atom. The van der Waals surface area contributed by atoms with E-state index in [1.54, 1.807) is 24.5 Å². The molecule has 0 aliphatic carbocycles. The summed E-state index contributed by atoms with van der Waals surface area (Å²) in [6.45, 7) is 2.25. The van der Waals surface area contributed by atoms with Crippen LogP contribution in [0.5, 0.6) is 0 Å². The molecular formula is C13H16N4O2S. The largest absolute Gasteiger partial charge is 0.350 e. The number of hydrogen-bond acceptors (Lipinski definition) is 4. The van der Waals surface area contributed by atoms with E-state index in [0.29, 0.717) is 12.2 Å². The van der Waals surface area contributed by atoms with E-state index in [0.717, 1.165) is 10.6 Å². The van der Waals surface area contributed by atoms with Gasteiger partial charge in [-0.05, 0) is 24.4 Å². The zero-order chi connectivity index (χ0) is 14.5. The lowest BCUT2D eigenvalue weighted by Gasteiger charge is -2.06. The van der Waals surface area contributed by atoms with Crippen molar-refractivity contribution >= 4 is 23.2 Å². The highest BCUT2D eigenvalue weighted by Crippen LogP contribution is 2.07. The van der Waals surface area contributed by atoms with Gasteiger partial charge >= 0.3 is 0 Å². The third kappa shape index (κ3) is 3.67. The molecule has 2 aromatic heterocycles. The maximum absolute atomic E-state index is 11.9. The van der Waals surface area contributed by atoms with Gasteiger partial charge < -0.3 is 10.6 Å². The lowest BCUT2D eigenvalue weighted by molar-refractivity contribution is -0.120. The van der Waals surface area contributed by atoms with Gasteiger partial charge in [0.15, 0.2) is 0 Å². The molecule has 7 heteroatoms. The molecule has 2 amide bonds. The minimum Gasteiger partial charge on any atom is -0.350 e. The summed E-state index contributed by atoms with van der Waals surface area (Å²) in [6.07, 6.45) is 0. The van der Waals surface area contributed by atoms with Crippen LogP contribution in [0.1, 0.15) is 21.1 Å². The minimum atomic E-state index is -0.306. The number of amides is 2. The number of hydrogen-bond donors (Lipinski definition) is 2.